The van der Waals surface area contributed by atoms with Crippen molar-refractivity contribution in [2.45, 2.75) is 25.8 Å². The van der Waals surface area contributed by atoms with Crippen molar-refractivity contribution in [2.24, 2.45) is 0 Å². The third-order valence-corrected chi connectivity index (χ3v) is 3.50. The van der Waals surface area contributed by atoms with Crippen molar-refractivity contribution in [3.63, 3.8) is 0 Å². The summed E-state index contributed by atoms with van der Waals surface area (Å²) in [5.74, 6) is 0.703. The molecule has 0 aliphatic carbocycles. The number of aromatic nitrogens is 1. The number of rotatable bonds is 3. The lowest BCUT2D eigenvalue weighted by molar-refractivity contribution is 0.229. The van der Waals surface area contributed by atoms with E-state index in [1.165, 1.54) is 0 Å². The maximum Gasteiger partial charge on any atom is 0.132 e. The fourth-order valence-corrected chi connectivity index (χ4v) is 2.45. The fraction of sp³-hybridized carbons (Fsp3) is 0.538. The molecule has 1 fully saturated rings. The molecule has 0 radical (unpaired) electrons. The van der Waals surface area contributed by atoms with Crippen molar-refractivity contribution < 1.29 is 0 Å². The quantitative estimate of drug-likeness (QED) is 0.853. The van der Waals surface area contributed by atoms with E-state index in [1.54, 1.807) is 12.1 Å². The summed E-state index contributed by atoms with van der Waals surface area (Å²) in [5.41, 5.74) is 0.545. The van der Waals surface area contributed by atoms with Gasteiger partial charge in [0.1, 0.15) is 11.0 Å². The molecule has 0 unspecified atom stereocenters. The average Bonchev–Trinajstić information content (AvgIpc) is 2.39. The molecule has 1 aromatic heterocycles. The van der Waals surface area contributed by atoms with Gasteiger partial charge >= 0.3 is 0 Å². The minimum absolute atomic E-state index is 0.363. The van der Waals surface area contributed by atoms with Crippen LogP contribution in [0.5, 0.6) is 0 Å². The van der Waals surface area contributed by atoms with Crippen LogP contribution in [-0.2, 0) is 0 Å². The molecule has 18 heavy (non-hydrogen) atoms. The van der Waals surface area contributed by atoms with Crippen molar-refractivity contribution in [3.05, 3.63) is 22.8 Å². The summed E-state index contributed by atoms with van der Waals surface area (Å²) in [5, 5.41) is 12.6. The van der Waals surface area contributed by atoms with Crippen molar-refractivity contribution in [3.8, 4) is 6.07 Å². The van der Waals surface area contributed by atoms with Crippen LogP contribution in [0.3, 0.4) is 0 Å². The minimum Gasteiger partial charge on any atom is -0.367 e. The van der Waals surface area contributed by atoms with Gasteiger partial charge in [-0.05, 0) is 31.5 Å². The van der Waals surface area contributed by atoms with E-state index in [-0.39, 0.29) is 0 Å². The van der Waals surface area contributed by atoms with Crippen molar-refractivity contribution >= 4 is 17.4 Å². The average molecular weight is 265 g/mol. The molecule has 0 atom stereocenters. The number of nitriles is 1. The van der Waals surface area contributed by atoms with Crippen LogP contribution in [0.25, 0.3) is 0 Å². The summed E-state index contributed by atoms with van der Waals surface area (Å²) in [4.78, 5) is 6.64. The summed E-state index contributed by atoms with van der Waals surface area (Å²) >= 11 is 5.88. The second-order valence-corrected chi connectivity index (χ2v) is 4.92. The molecule has 1 aromatic rings. The van der Waals surface area contributed by atoms with Crippen molar-refractivity contribution in [2.75, 3.05) is 25.0 Å². The fourth-order valence-electron chi connectivity index (χ4n) is 2.24. The molecular weight excluding hydrogens is 248 g/mol. The standard InChI is InChI=1S/C13H17ClN4/c1-2-18-5-3-11(4-6-18)16-13-8-10(9-15)7-12(14)17-13/h7-8,11H,2-6H2,1H3,(H,16,17). The molecule has 1 N–H and O–H groups in total. The summed E-state index contributed by atoms with van der Waals surface area (Å²) in [7, 11) is 0. The number of likely N-dealkylation sites (tertiary alicyclic amines) is 1. The molecular formula is C13H17ClN4. The second kappa shape index (κ2) is 6.03. The zero-order valence-electron chi connectivity index (χ0n) is 10.5. The molecule has 1 aliphatic rings. The molecule has 0 saturated carbocycles. The van der Waals surface area contributed by atoms with Crippen LogP contribution >= 0.6 is 11.6 Å². The number of hydrogen-bond acceptors (Lipinski definition) is 4. The highest BCUT2D eigenvalue weighted by molar-refractivity contribution is 6.29. The van der Waals surface area contributed by atoms with E-state index in [0.717, 1.165) is 32.5 Å². The van der Waals surface area contributed by atoms with Gasteiger partial charge in [0.2, 0.25) is 0 Å². The first kappa shape index (κ1) is 13.1. The van der Waals surface area contributed by atoms with Crippen LogP contribution in [0.4, 0.5) is 5.82 Å². The van der Waals surface area contributed by atoms with Crippen LogP contribution < -0.4 is 5.32 Å². The SMILES string of the molecule is CCN1CCC(Nc2cc(C#N)cc(Cl)n2)CC1. The Morgan fingerprint density at radius 2 is 2.22 bits per heavy atom. The molecule has 2 heterocycles. The van der Waals surface area contributed by atoms with Crippen molar-refractivity contribution in [1.82, 2.24) is 9.88 Å². The third-order valence-electron chi connectivity index (χ3n) is 3.31. The molecule has 0 bridgehead atoms. The smallest absolute Gasteiger partial charge is 0.132 e. The van der Waals surface area contributed by atoms with Crippen LogP contribution in [0.1, 0.15) is 25.3 Å². The van der Waals surface area contributed by atoms with Crippen LogP contribution in [0.15, 0.2) is 12.1 Å². The van der Waals surface area contributed by atoms with Gasteiger partial charge in [-0.25, -0.2) is 4.98 Å². The number of piperidine rings is 1. The molecule has 0 amide bonds. The van der Waals surface area contributed by atoms with E-state index >= 15 is 0 Å². The Labute approximate surface area is 113 Å². The maximum absolute atomic E-state index is 8.89. The molecule has 0 aromatic carbocycles. The van der Waals surface area contributed by atoms with Gasteiger partial charge in [-0.3, -0.25) is 0 Å². The lowest BCUT2D eigenvalue weighted by Crippen LogP contribution is -2.39. The number of pyridine rings is 1. The number of hydrogen-bond donors (Lipinski definition) is 1. The van der Waals surface area contributed by atoms with E-state index in [1.807, 2.05) is 0 Å². The summed E-state index contributed by atoms with van der Waals surface area (Å²) in [6.07, 6.45) is 2.20. The van der Waals surface area contributed by atoms with Gasteiger partial charge in [-0.1, -0.05) is 18.5 Å². The largest absolute Gasteiger partial charge is 0.367 e. The molecule has 2 rings (SSSR count). The molecule has 96 valence electrons. The lowest BCUT2D eigenvalue weighted by atomic mass is 10.1. The highest BCUT2D eigenvalue weighted by atomic mass is 35.5. The minimum atomic E-state index is 0.363. The van der Waals surface area contributed by atoms with E-state index < -0.39 is 0 Å². The van der Waals surface area contributed by atoms with Gasteiger partial charge in [0, 0.05) is 19.1 Å². The Morgan fingerprint density at radius 3 is 2.83 bits per heavy atom. The van der Waals surface area contributed by atoms with Crippen LogP contribution in [-0.4, -0.2) is 35.6 Å². The normalized spacial score (nSPS) is 17.4. The van der Waals surface area contributed by atoms with E-state index in [9.17, 15) is 0 Å². The second-order valence-electron chi connectivity index (χ2n) is 4.53. The molecule has 0 spiro atoms. The Balaban J connectivity index is 1.98. The van der Waals surface area contributed by atoms with E-state index in [2.05, 4.69) is 28.2 Å². The van der Waals surface area contributed by atoms with Crippen LogP contribution in [0.2, 0.25) is 5.15 Å². The zero-order valence-corrected chi connectivity index (χ0v) is 11.2. The van der Waals surface area contributed by atoms with Crippen LogP contribution in [0, 0.1) is 11.3 Å². The predicted molar refractivity (Wildman–Crippen MR) is 72.7 cm³/mol. The van der Waals surface area contributed by atoms with Crippen molar-refractivity contribution in [1.29, 1.82) is 5.26 Å². The summed E-state index contributed by atoms with van der Waals surface area (Å²) in [6.45, 7) is 5.52. The Hall–Kier alpha value is -1.31. The monoisotopic (exact) mass is 264 g/mol. The number of halogens is 1. The number of nitrogens with one attached hydrogen (secondary N) is 1. The number of nitrogens with zero attached hydrogens (tertiary/aromatic N) is 3. The third kappa shape index (κ3) is 3.34. The lowest BCUT2D eigenvalue weighted by Gasteiger charge is -2.31. The van der Waals surface area contributed by atoms with E-state index in [4.69, 9.17) is 16.9 Å². The first-order valence-corrected chi connectivity index (χ1v) is 6.65. The summed E-state index contributed by atoms with van der Waals surface area (Å²) in [6, 6.07) is 5.83. The van der Waals surface area contributed by atoms with Gasteiger partial charge in [0.25, 0.3) is 0 Å². The zero-order chi connectivity index (χ0) is 13.0. The van der Waals surface area contributed by atoms with Gasteiger partial charge in [0.15, 0.2) is 0 Å². The predicted octanol–water partition coefficient (Wildman–Crippen LogP) is 2.50. The maximum atomic E-state index is 8.89. The van der Waals surface area contributed by atoms with Gasteiger partial charge < -0.3 is 10.2 Å². The highest BCUT2D eigenvalue weighted by Gasteiger charge is 2.18. The molecule has 5 heteroatoms. The topological polar surface area (TPSA) is 52.0 Å². The Kier molecular flexibility index (Phi) is 4.40. The summed E-state index contributed by atoms with van der Waals surface area (Å²) < 4.78 is 0. The Bertz CT molecular complexity index is 447. The number of anilines is 1. The molecule has 4 nitrogen and oxygen atoms in total. The van der Waals surface area contributed by atoms with E-state index in [0.29, 0.717) is 22.6 Å². The van der Waals surface area contributed by atoms with Gasteiger partial charge in [0.05, 0.1) is 11.6 Å². The molecule has 1 saturated heterocycles. The first-order valence-electron chi connectivity index (χ1n) is 6.28. The highest BCUT2D eigenvalue weighted by Crippen LogP contribution is 2.18. The Morgan fingerprint density at radius 1 is 1.50 bits per heavy atom. The van der Waals surface area contributed by atoms with Gasteiger partial charge in [-0.2, -0.15) is 5.26 Å². The molecule has 1 aliphatic heterocycles. The van der Waals surface area contributed by atoms with Gasteiger partial charge in [-0.15, -0.1) is 0 Å². The first-order chi connectivity index (χ1) is 8.71.